The van der Waals surface area contributed by atoms with Gasteiger partial charge in [0.1, 0.15) is 23.3 Å². The molecule has 192 valence electrons. The molecule has 0 aliphatic carbocycles. The average molecular weight is 511 g/mol. The van der Waals surface area contributed by atoms with Crippen molar-refractivity contribution >= 4 is 11.8 Å². The Hall–Kier alpha value is -4.09. The number of carbonyl (C=O) groups excluding carboxylic acids is 2. The third-order valence-corrected chi connectivity index (χ3v) is 6.53. The first kappa shape index (κ1) is 24.6. The highest BCUT2D eigenvalue weighted by molar-refractivity contribution is 5.99. The van der Waals surface area contributed by atoms with Crippen molar-refractivity contribution in [2.45, 2.75) is 31.5 Å². The largest absolute Gasteiger partial charge is 0.503 e. The van der Waals surface area contributed by atoms with Gasteiger partial charge in [-0.05, 0) is 11.6 Å². The van der Waals surface area contributed by atoms with E-state index in [1.807, 2.05) is 30.3 Å². The fourth-order valence-corrected chi connectivity index (χ4v) is 4.79. The number of rotatable bonds is 6. The van der Waals surface area contributed by atoms with Gasteiger partial charge in [-0.2, -0.15) is 0 Å². The maximum atomic E-state index is 13.9. The number of pyridine rings is 1. The van der Waals surface area contributed by atoms with Crippen LogP contribution >= 0.6 is 0 Å². The zero-order valence-corrected chi connectivity index (χ0v) is 19.7. The van der Waals surface area contributed by atoms with Gasteiger partial charge in [0.25, 0.3) is 11.8 Å². The number of aromatic nitrogens is 1. The smallest absolute Gasteiger partial charge is 0.277 e. The summed E-state index contributed by atoms with van der Waals surface area (Å²) >= 11 is 0. The number of ether oxygens (including phenoxy) is 2. The second-order valence-electron chi connectivity index (χ2n) is 8.80. The molecule has 9 nitrogen and oxygen atoms in total. The normalized spacial score (nSPS) is 20.5. The highest BCUT2D eigenvalue weighted by atomic mass is 19.1. The zero-order chi connectivity index (χ0) is 26.3. The van der Waals surface area contributed by atoms with Crippen molar-refractivity contribution in [3.63, 3.8) is 0 Å². The van der Waals surface area contributed by atoms with Gasteiger partial charge in [-0.1, -0.05) is 36.4 Å². The van der Waals surface area contributed by atoms with Crippen molar-refractivity contribution in [3.05, 3.63) is 99.0 Å². The first-order chi connectivity index (χ1) is 17.8. The zero-order valence-electron chi connectivity index (χ0n) is 19.7. The number of benzene rings is 2. The number of hydrogen-bond donors (Lipinski definition) is 2. The van der Waals surface area contributed by atoms with Gasteiger partial charge in [-0.15, -0.1) is 0 Å². The molecule has 0 spiro atoms. The topological polar surface area (TPSA) is 110 Å². The molecule has 2 aromatic carbocycles. The number of methoxy groups -OCH3 is 1. The molecule has 3 heterocycles. The van der Waals surface area contributed by atoms with Crippen molar-refractivity contribution in [2.24, 2.45) is 0 Å². The van der Waals surface area contributed by atoms with E-state index in [-0.39, 0.29) is 31.0 Å². The summed E-state index contributed by atoms with van der Waals surface area (Å²) in [5.41, 5.74) is -0.893. The van der Waals surface area contributed by atoms with Crippen LogP contribution in [0.5, 0.6) is 5.75 Å². The van der Waals surface area contributed by atoms with E-state index in [9.17, 15) is 28.3 Å². The van der Waals surface area contributed by atoms with E-state index >= 15 is 0 Å². The Bertz CT molecular complexity index is 1430. The molecule has 2 N–H and O–H groups in total. The predicted molar refractivity (Wildman–Crippen MR) is 126 cm³/mol. The van der Waals surface area contributed by atoms with E-state index in [2.05, 4.69) is 5.32 Å². The number of fused-ring (bicyclic) bond motifs is 2. The molecule has 3 aromatic rings. The fourth-order valence-electron chi connectivity index (χ4n) is 4.79. The van der Waals surface area contributed by atoms with Crippen molar-refractivity contribution in [1.82, 2.24) is 14.8 Å². The van der Waals surface area contributed by atoms with Gasteiger partial charge in [0.2, 0.25) is 5.43 Å². The monoisotopic (exact) mass is 511 g/mol. The maximum Gasteiger partial charge on any atom is 0.277 e. The van der Waals surface area contributed by atoms with Crippen LogP contribution in [-0.2, 0) is 22.6 Å². The van der Waals surface area contributed by atoms with Gasteiger partial charge in [0, 0.05) is 31.5 Å². The van der Waals surface area contributed by atoms with E-state index in [1.54, 1.807) is 0 Å². The van der Waals surface area contributed by atoms with E-state index in [0.717, 1.165) is 11.6 Å². The van der Waals surface area contributed by atoms with Crippen LogP contribution in [0.15, 0.2) is 59.5 Å². The lowest BCUT2D eigenvalue weighted by Gasteiger charge is -2.34. The minimum atomic E-state index is -1.04. The molecular formula is C26H23F2N3O6. The van der Waals surface area contributed by atoms with Crippen LogP contribution in [0.2, 0.25) is 0 Å². The van der Waals surface area contributed by atoms with Crippen molar-refractivity contribution in [3.8, 4) is 5.75 Å². The number of amides is 2. The minimum absolute atomic E-state index is 0.0124. The number of nitrogens with one attached hydrogen (secondary N) is 1. The summed E-state index contributed by atoms with van der Waals surface area (Å²) in [7, 11) is 1.50. The van der Waals surface area contributed by atoms with E-state index in [4.69, 9.17) is 9.47 Å². The highest BCUT2D eigenvalue weighted by Gasteiger charge is 2.49. The summed E-state index contributed by atoms with van der Waals surface area (Å²) < 4.78 is 39.9. The summed E-state index contributed by atoms with van der Waals surface area (Å²) in [4.78, 5) is 40.6. The van der Waals surface area contributed by atoms with Crippen LogP contribution in [0, 0.1) is 11.6 Å². The molecule has 2 aliphatic rings. The lowest BCUT2D eigenvalue weighted by atomic mass is 10.0. The number of halogens is 2. The minimum Gasteiger partial charge on any atom is -0.503 e. The first-order valence-corrected chi connectivity index (χ1v) is 11.5. The quantitative estimate of drug-likeness (QED) is 0.526. The first-order valence-electron chi connectivity index (χ1n) is 11.5. The standard InChI is InChI=1S/C26H23F2N3O6/c1-36-13-19-24(14-5-3-2-4-6-14)37-20-12-30-11-17(22(32)23(33)21(30)26(35)31(19)20)25(34)29-10-15-7-8-16(27)9-18(15)28/h2-9,11,19-20,24,33H,10,12-13H2,1H3,(H,29,34)/t19-,20?,24-/m0/s1. The molecule has 1 saturated heterocycles. The number of aromatic hydroxyl groups is 1. The third-order valence-electron chi connectivity index (χ3n) is 6.53. The predicted octanol–water partition coefficient (Wildman–Crippen LogP) is 2.33. The molecule has 0 radical (unpaired) electrons. The molecule has 2 aliphatic heterocycles. The van der Waals surface area contributed by atoms with E-state index in [1.165, 1.54) is 28.8 Å². The lowest BCUT2D eigenvalue weighted by molar-refractivity contribution is -0.0155. The Morgan fingerprint density at radius 2 is 1.95 bits per heavy atom. The number of hydrogen-bond acceptors (Lipinski definition) is 6. The highest BCUT2D eigenvalue weighted by Crippen LogP contribution is 2.39. The Labute approximate surface area is 209 Å². The molecule has 1 aromatic heterocycles. The molecule has 1 fully saturated rings. The van der Waals surface area contributed by atoms with Crippen molar-refractivity contribution in [2.75, 3.05) is 13.7 Å². The van der Waals surface area contributed by atoms with Crippen LogP contribution in [0.1, 0.15) is 38.1 Å². The second-order valence-corrected chi connectivity index (χ2v) is 8.80. The maximum absolute atomic E-state index is 13.9. The van der Waals surface area contributed by atoms with Crippen LogP contribution < -0.4 is 10.7 Å². The Kier molecular flexibility index (Phi) is 6.48. The molecular weight excluding hydrogens is 488 g/mol. The summed E-state index contributed by atoms with van der Waals surface area (Å²) in [6, 6.07) is 11.7. The Balaban J connectivity index is 1.44. The molecule has 3 atom stereocenters. The summed E-state index contributed by atoms with van der Waals surface area (Å²) in [5, 5.41) is 13.1. The lowest BCUT2D eigenvalue weighted by Crippen LogP contribution is -2.51. The molecule has 0 saturated carbocycles. The second kappa shape index (κ2) is 9.75. The molecule has 11 heteroatoms. The Morgan fingerprint density at radius 1 is 1.19 bits per heavy atom. The molecule has 5 rings (SSSR count). The fraction of sp³-hybridized carbons (Fsp3) is 0.269. The van der Waals surface area contributed by atoms with Crippen LogP contribution in [-0.4, -0.2) is 52.4 Å². The van der Waals surface area contributed by atoms with Gasteiger partial charge in [-0.3, -0.25) is 14.4 Å². The van der Waals surface area contributed by atoms with Crippen molar-refractivity contribution in [1.29, 1.82) is 0 Å². The van der Waals surface area contributed by atoms with E-state index in [0.29, 0.717) is 6.07 Å². The van der Waals surface area contributed by atoms with E-state index < -0.39 is 58.6 Å². The summed E-state index contributed by atoms with van der Waals surface area (Å²) in [5.74, 6) is -4.01. The van der Waals surface area contributed by atoms with Gasteiger partial charge in [0.15, 0.2) is 17.7 Å². The summed E-state index contributed by atoms with van der Waals surface area (Å²) in [6.45, 7) is -0.110. The number of nitrogens with zero attached hydrogens (tertiary/aromatic N) is 2. The van der Waals surface area contributed by atoms with Crippen molar-refractivity contribution < 1.29 is 33.0 Å². The van der Waals surface area contributed by atoms with Crippen LogP contribution in [0.25, 0.3) is 0 Å². The van der Waals surface area contributed by atoms with Crippen LogP contribution in [0.4, 0.5) is 8.78 Å². The molecule has 1 unspecified atom stereocenters. The van der Waals surface area contributed by atoms with Gasteiger partial charge >= 0.3 is 0 Å². The SMILES string of the molecule is COC[C@H]1[C@H](c2ccccc2)OC2Cn3cc(C(=O)NCc4ccc(F)cc4F)c(=O)c(O)c3C(=O)N21. The Morgan fingerprint density at radius 3 is 2.65 bits per heavy atom. The molecule has 2 amide bonds. The van der Waals surface area contributed by atoms with Gasteiger partial charge in [0.05, 0.1) is 19.2 Å². The van der Waals surface area contributed by atoms with Crippen LogP contribution in [0.3, 0.4) is 0 Å². The average Bonchev–Trinajstić information content (AvgIpc) is 3.24. The molecule has 0 bridgehead atoms. The third kappa shape index (κ3) is 4.36. The number of carbonyl (C=O) groups is 2. The summed E-state index contributed by atoms with van der Waals surface area (Å²) in [6.07, 6.45) is -0.0724. The van der Waals surface area contributed by atoms with Gasteiger partial charge < -0.3 is 29.4 Å². The molecule has 37 heavy (non-hydrogen) atoms. The van der Waals surface area contributed by atoms with Gasteiger partial charge in [-0.25, -0.2) is 8.78 Å².